The van der Waals surface area contributed by atoms with E-state index in [2.05, 4.69) is 16.5 Å². The van der Waals surface area contributed by atoms with Gasteiger partial charge in [-0.15, -0.1) is 0 Å². The fourth-order valence-electron chi connectivity index (χ4n) is 2.57. The van der Waals surface area contributed by atoms with Crippen LogP contribution < -0.4 is 5.32 Å². The zero-order chi connectivity index (χ0) is 15.5. The van der Waals surface area contributed by atoms with Crippen LogP contribution in [-0.4, -0.2) is 36.8 Å². The Balaban J connectivity index is 2.17. The lowest BCUT2D eigenvalue weighted by atomic mass is 10.1. The number of benzene rings is 1. The van der Waals surface area contributed by atoms with Crippen LogP contribution in [-0.2, 0) is 16.9 Å². The summed E-state index contributed by atoms with van der Waals surface area (Å²) < 4.78 is 25.0. The molecule has 0 spiro atoms. The third-order valence-electron chi connectivity index (χ3n) is 3.85. The minimum absolute atomic E-state index is 0.0724. The van der Waals surface area contributed by atoms with E-state index in [-0.39, 0.29) is 17.5 Å². The molecule has 21 heavy (non-hydrogen) atoms. The molecule has 1 N–H and O–H groups in total. The number of para-hydroxylation sites is 1. The fraction of sp³-hybridized carbons (Fsp3) is 0.533. The third-order valence-corrected chi connectivity index (χ3v) is 5.64. The van der Waals surface area contributed by atoms with Gasteiger partial charge in [-0.05, 0) is 26.0 Å². The Bertz CT molecular complexity index is 707. The quantitative estimate of drug-likeness (QED) is 0.850. The SMILES string of the molecule is CCS(=O)(=O)CCCC(NC)c1nn(C)c2ccccc12. The Morgan fingerprint density at radius 1 is 1.33 bits per heavy atom. The van der Waals surface area contributed by atoms with E-state index in [4.69, 9.17) is 0 Å². The lowest BCUT2D eigenvalue weighted by Crippen LogP contribution is -2.19. The first-order valence-corrected chi connectivity index (χ1v) is 9.10. The van der Waals surface area contributed by atoms with Crippen molar-refractivity contribution in [2.75, 3.05) is 18.6 Å². The molecule has 1 aromatic carbocycles. The lowest BCUT2D eigenvalue weighted by molar-refractivity contribution is 0.519. The maximum Gasteiger partial charge on any atom is 0.150 e. The summed E-state index contributed by atoms with van der Waals surface area (Å²) in [5, 5.41) is 8.98. The van der Waals surface area contributed by atoms with E-state index in [1.165, 1.54) is 0 Å². The van der Waals surface area contributed by atoms with Crippen molar-refractivity contribution in [3.05, 3.63) is 30.0 Å². The molecule has 116 valence electrons. The summed E-state index contributed by atoms with van der Waals surface area (Å²) in [6.07, 6.45) is 1.41. The van der Waals surface area contributed by atoms with Gasteiger partial charge in [0.05, 0.1) is 23.0 Å². The number of nitrogens with zero attached hydrogens (tertiary/aromatic N) is 2. The summed E-state index contributed by atoms with van der Waals surface area (Å²) in [5.41, 5.74) is 2.08. The summed E-state index contributed by atoms with van der Waals surface area (Å²) in [6.45, 7) is 1.69. The van der Waals surface area contributed by atoms with Crippen LogP contribution >= 0.6 is 0 Å². The zero-order valence-corrected chi connectivity index (χ0v) is 13.7. The highest BCUT2D eigenvalue weighted by molar-refractivity contribution is 7.91. The van der Waals surface area contributed by atoms with Gasteiger partial charge in [0.2, 0.25) is 0 Å². The molecule has 0 aliphatic rings. The number of sulfone groups is 1. The van der Waals surface area contributed by atoms with Crippen LogP contribution in [0.2, 0.25) is 0 Å². The smallest absolute Gasteiger partial charge is 0.150 e. The van der Waals surface area contributed by atoms with E-state index in [1.54, 1.807) is 6.92 Å². The van der Waals surface area contributed by atoms with Gasteiger partial charge in [0.15, 0.2) is 0 Å². The van der Waals surface area contributed by atoms with Gasteiger partial charge in [0.25, 0.3) is 0 Å². The molecule has 0 aliphatic heterocycles. The second-order valence-electron chi connectivity index (χ2n) is 5.25. The minimum atomic E-state index is -2.90. The standard InChI is InChI=1S/C15H23N3O2S/c1-4-21(19,20)11-7-9-13(16-2)15-12-8-5-6-10-14(12)18(3)17-15/h5-6,8,10,13,16H,4,7,9,11H2,1-3H3. The number of aryl methyl sites for hydroxylation is 1. The third kappa shape index (κ3) is 3.63. The number of hydrogen-bond donors (Lipinski definition) is 1. The first kappa shape index (κ1) is 16.0. The van der Waals surface area contributed by atoms with Crippen molar-refractivity contribution in [3.63, 3.8) is 0 Å². The van der Waals surface area contributed by atoms with E-state index in [9.17, 15) is 8.42 Å². The first-order chi connectivity index (χ1) is 9.98. The van der Waals surface area contributed by atoms with Crippen molar-refractivity contribution >= 4 is 20.7 Å². The number of fused-ring (bicyclic) bond motifs is 1. The van der Waals surface area contributed by atoms with Crippen LogP contribution in [0.1, 0.15) is 31.5 Å². The van der Waals surface area contributed by atoms with E-state index in [0.717, 1.165) is 23.0 Å². The van der Waals surface area contributed by atoms with Crippen molar-refractivity contribution in [2.24, 2.45) is 7.05 Å². The van der Waals surface area contributed by atoms with E-state index >= 15 is 0 Å². The molecule has 1 heterocycles. The maximum absolute atomic E-state index is 11.6. The summed E-state index contributed by atoms with van der Waals surface area (Å²) in [5.74, 6) is 0.455. The molecule has 1 atom stereocenters. The van der Waals surface area contributed by atoms with Gasteiger partial charge in [-0.1, -0.05) is 25.1 Å². The summed E-state index contributed by atoms with van der Waals surface area (Å²) in [7, 11) is 0.926. The molecular formula is C15H23N3O2S. The highest BCUT2D eigenvalue weighted by atomic mass is 32.2. The number of aromatic nitrogens is 2. The van der Waals surface area contributed by atoms with E-state index in [0.29, 0.717) is 6.42 Å². The van der Waals surface area contributed by atoms with Gasteiger partial charge >= 0.3 is 0 Å². The van der Waals surface area contributed by atoms with Gasteiger partial charge < -0.3 is 5.32 Å². The average Bonchev–Trinajstić information content (AvgIpc) is 2.81. The van der Waals surface area contributed by atoms with Crippen LogP contribution in [0.4, 0.5) is 0 Å². The Labute approximate surface area is 126 Å². The topological polar surface area (TPSA) is 64.0 Å². The largest absolute Gasteiger partial charge is 0.312 e. The number of hydrogen-bond acceptors (Lipinski definition) is 4. The molecule has 0 amide bonds. The molecule has 2 rings (SSSR count). The molecule has 2 aromatic rings. The fourth-order valence-corrected chi connectivity index (χ4v) is 3.46. The average molecular weight is 309 g/mol. The second kappa shape index (κ2) is 6.58. The van der Waals surface area contributed by atoms with E-state index in [1.807, 2.05) is 37.0 Å². The van der Waals surface area contributed by atoms with Crippen LogP contribution in [0.25, 0.3) is 10.9 Å². The second-order valence-corrected chi connectivity index (χ2v) is 7.72. The molecule has 0 saturated carbocycles. The van der Waals surface area contributed by atoms with Crippen LogP contribution in [0.3, 0.4) is 0 Å². The van der Waals surface area contributed by atoms with Gasteiger partial charge in [-0.25, -0.2) is 8.42 Å². The van der Waals surface area contributed by atoms with Crippen molar-refractivity contribution < 1.29 is 8.42 Å². The molecule has 0 fully saturated rings. The van der Waals surface area contributed by atoms with E-state index < -0.39 is 9.84 Å². The minimum Gasteiger partial charge on any atom is -0.312 e. The Morgan fingerprint density at radius 2 is 2.05 bits per heavy atom. The van der Waals surface area contributed by atoms with Crippen LogP contribution in [0.15, 0.2) is 24.3 Å². The zero-order valence-electron chi connectivity index (χ0n) is 12.8. The molecule has 0 bridgehead atoms. The Hall–Kier alpha value is -1.40. The highest BCUT2D eigenvalue weighted by Crippen LogP contribution is 2.26. The van der Waals surface area contributed by atoms with Crippen LogP contribution in [0.5, 0.6) is 0 Å². The van der Waals surface area contributed by atoms with Crippen molar-refractivity contribution in [1.82, 2.24) is 15.1 Å². The molecule has 1 unspecified atom stereocenters. The van der Waals surface area contributed by atoms with Gasteiger partial charge in [0.1, 0.15) is 9.84 Å². The first-order valence-electron chi connectivity index (χ1n) is 7.28. The normalized spacial score (nSPS) is 13.7. The molecule has 6 heteroatoms. The predicted octanol–water partition coefficient (Wildman–Crippen LogP) is 2.05. The molecule has 0 saturated heterocycles. The molecule has 5 nitrogen and oxygen atoms in total. The molecule has 1 aromatic heterocycles. The monoisotopic (exact) mass is 309 g/mol. The highest BCUT2D eigenvalue weighted by Gasteiger charge is 2.18. The number of rotatable bonds is 7. The predicted molar refractivity (Wildman–Crippen MR) is 86.1 cm³/mol. The van der Waals surface area contributed by atoms with Crippen molar-refractivity contribution in [3.8, 4) is 0 Å². The Kier molecular flexibility index (Phi) is 5.00. The van der Waals surface area contributed by atoms with Gasteiger partial charge in [-0.2, -0.15) is 5.10 Å². The molecule has 0 radical (unpaired) electrons. The van der Waals surface area contributed by atoms with Crippen molar-refractivity contribution in [1.29, 1.82) is 0 Å². The van der Waals surface area contributed by atoms with Crippen LogP contribution in [0, 0.1) is 0 Å². The van der Waals surface area contributed by atoms with Gasteiger partial charge in [0, 0.05) is 18.2 Å². The summed E-state index contributed by atoms with van der Waals surface area (Å²) in [4.78, 5) is 0. The summed E-state index contributed by atoms with van der Waals surface area (Å²) in [6, 6.07) is 8.17. The Morgan fingerprint density at radius 3 is 2.71 bits per heavy atom. The lowest BCUT2D eigenvalue weighted by Gasteiger charge is -2.14. The summed E-state index contributed by atoms with van der Waals surface area (Å²) >= 11 is 0. The molecular weight excluding hydrogens is 286 g/mol. The molecule has 0 aliphatic carbocycles. The van der Waals surface area contributed by atoms with Crippen molar-refractivity contribution in [2.45, 2.75) is 25.8 Å². The number of nitrogens with one attached hydrogen (secondary N) is 1. The maximum atomic E-state index is 11.6. The van der Waals surface area contributed by atoms with Gasteiger partial charge in [-0.3, -0.25) is 4.68 Å².